The molecule has 0 saturated carbocycles. The molecule has 10 rings (SSSR count). The molecule has 0 saturated heterocycles. The quantitative estimate of drug-likeness (QED) is 0.123. The molecule has 18 heteroatoms. The van der Waals surface area contributed by atoms with Crippen molar-refractivity contribution < 1.29 is 90.1 Å². The van der Waals surface area contributed by atoms with E-state index in [1.165, 1.54) is 0 Å². The van der Waals surface area contributed by atoms with Crippen LogP contribution in [0.2, 0.25) is 40.2 Å². The zero-order valence-corrected chi connectivity index (χ0v) is 50.6. The van der Waals surface area contributed by atoms with Crippen molar-refractivity contribution in [2.24, 2.45) is 21.1 Å². The average Bonchev–Trinajstić information content (AvgIpc) is 3.91. The Balaban J connectivity index is 0.000000209. The summed E-state index contributed by atoms with van der Waals surface area (Å²) in [7, 11) is 12.1. The Kier molecular flexibility index (Phi) is 18.0. The van der Waals surface area contributed by atoms with E-state index in [-0.39, 0.29) is 80.9 Å². The second-order valence-electron chi connectivity index (χ2n) is 16.2. The first-order chi connectivity index (χ1) is 32.5. The Morgan fingerprint density at radius 2 is 0.800 bits per heavy atom. The van der Waals surface area contributed by atoms with Crippen LogP contribution in [0.15, 0.2) is 145 Å². The molecule has 70 heavy (non-hydrogen) atoms. The number of hydrogen-bond donors (Lipinski definition) is 0. The van der Waals surface area contributed by atoms with Crippen LogP contribution in [0.4, 0.5) is 28.4 Å². The van der Waals surface area contributed by atoms with Crippen LogP contribution in [-0.2, 0) is 21.1 Å². The fraction of sp³-hybridized carbons (Fsp3) is 0.115. The molecule has 0 unspecified atom stereocenters. The van der Waals surface area contributed by atoms with Crippen LogP contribution in [-0.4, -0.2) is 30.3 Å². The molecule has 8 nitrogen and oxygen atoms in total. The fourth-order valence-electron chi connectivity index (χ4n) is 8.77. The molecule has 8 aromatic rings. The first kappa shape index (κ1) is 55.1. The minimum Gasteiger partial charge on any atom is -0.329 e. The number of nitrogens with zero attached hydrogens (tertiary/aromatic N) is 8. The molecule has 2 aliphatic rings. The Labute approximate surface area is 512 Å². The first-order valence-corrected chi connectivity index (χ1v) is 24.2. The maximum absolute atomic E-state index is 6.44. The van der Waals surface area contributed by atoms with Crippen LogP contribution in [0.3, 0.4) is 0 Å². The second-order valence-corrected chi connectivity index (χ2v) is 19.5. The number of aryl methyl sites for hydroxylation is 3. The summed E-state index contributed by atoms with van der Waals surface area (Å²) in [5.74, 6) is 3.95. The molecule has 4 heterocycles. The van der Waals surface area contributed by atoms with E-state index >= 15 is 0 Å². The predicted octanol–water partition coefficient (Wildman–Crippen LogP) is 9.28. The third kappa shape index (κ3) is 10.4. The summed E-state index contributed by atoms with van der Waals surface area (Å²) in [6.07, 6.45) is 12.4. The number of para-hydroxylation sites is 2. The molecule has 0 N–H and O–H groups in total. The number of imidazole rings is 2. The summed E-state index contributed by atoms with van der Waals surface area (Å²) in [5, 5.41) is 4.23. The molecular formula is C52H42Cl8KN8Na+4. The van der Waals surface area contributed by atoms with Crippen LogP contribution in [0.5, 0.6) is 0 Å². The Morgan fingerprint density at radius 1 is 0.429 bits per heavy atom. The minimum absolute atomic E-state index is 0. The van der Waals surface area contributed by atoms with Gasteiger partial charge in [-0.1, -0.05) is 141 Å². The maximum atomic E-state index is 6.44. The number of anilines is 5. The van der Waals surface area contributed by atoms with Crippen molar-refractivity contribution in [2.75, 3.05) is 40.7 Å². The summed E-state index contributed by atoms with van der Waals surface area (Å²) < 4.78 is 8.46. The topological polar surface area (TPSA) is 30.6 Å². The number of aromatic nitrogens is 4. The molecular weight excluding hydrogens is 1080 g/mol. The number of allylic oxidation sites excluding steroid dienone is 4. The zero-order chi connectivity index (χ0) is 48.3. The van der Waals surface area contributed by atoms with Gasteiger partial charge in [0.25, 0.3) is 11.6 Å². The molecule has 2 aromatic heterocycles. The van der Waals surface area contributed by atoms with E-state index in [1.807, 2.05) is 139 Å². The van der Waals surface area contributed by atoms with E-state index < -0.39 is 0 Å². The molecule has 0 spiro atoms. The first-order valence-electron chi connectivity index (χ1n) is 21.1. The Hall–Kier alpha value is -2.62. The summed E-state index contributed by atoms with van der Waals surface area (Å²) in [4.78, 5) is 8.46. The molecule has 0 fully saturated rings. The van der Waals surface area contributed by atoms with Gasteiger partial charge in [-0.25, -0.2) is 13.7 Å². The summed E-state index contributed by atoms with van der Waals surface area (Å²) in [6.45, 7) is 0. The molecule has 0 aliphatic carbocycles. The van der Waals surface area contributed by atoms with Crippen LogP contribution >= 0.6 is 92.8 Å². The minimum atomic E-state index is 0. The van der Waals surface area contributed by atoms with Crippen molar-refractivity contribution >= 4 is 155 Å². The third-order valence-electron chi connectivity index (χ3n) is 12.2. The Morgan fingerprint density at radius 3 is 1.33 bits per heavy atom. The van der Waals surface area contributed by atoms with Crippen molar-refractivity contribution in [2.45, 2.75) is 0 Å². The van der Waals surface area contributed by atoms with Gasteiger partial charge in [-0.15, -0.1) is 0 Å². The van der Waals surface area contributed by atoms with E-state index in [9.17, 15) is 0 Å². The van der Waals surface area contributed by atoms with Crippen molar-refractivity contribution in [1.82, 2.24) is 9.13 Å². The molecule has 0 amide bonds. The summed E-state index contributed by atoms with van der Waals surface area (Å²) in [6, 6.07) is 35.6. The maximum Gasteiger partial charge on any atom is 1.00 e. The molecule has 0 atom stereocenters. The van der Waals surface area contributed by atoms with Crippen LogP contribution in [0.25, 0.3) is 39.9 Å². The molecule has 2 aliphatic heterocycles. The summed E-state index contributed by atoms with van der Waals surface area (Å²) in [5.41, 5.74) is 9.98. The smallest absolute Gasteiger partial charge is 0.329 e. The molecule has 6 aromatic carbocycles. The van der Waals surface area contributed by atoms with Gasteiger partial charge < -0.3 is 14.7 Å². The Bertz CT molecular complexity index is 3360. The van der Waals surface area contributed by atoms with E-state index in [2.05, 4.69) is 86.4 Å². The molecule has 0 bridgehead atoms. The standard InChI is InChI=1S/C31H23Cl4N4.C21H19Cl4N4.K.Na/c1-36-26-16-22(32)24(34)18-28(26)38(20-10-5-3-6-11-20)30(36)14-9-15-31-37(2)27-17-23(33)25(35)19-29(27)39(31)21-12-7-4-8-13-21;1-26-16-8-12(22)13(23)9-17(16)27(2)20(26)6-5-7-21-28(3)18-10-14(24)15(25)11-19(18)29(21)4;;/h3-19H,1-2H3;5-11H,1-4H3;;/q4*+1. The number of halogens is 8. The SMILES string of the molecule is CN1C(=CC=Cc2n(-c3ccccc3)c3cc(Cl)c(Cl)cc3[n+]2C)N(c2ccccc2)c2cc(Cl)c(Cl)cc21.CN1C(=CC=Cc2n(C)c3cc(Cl)c(Cl)cc3[n+]2C)N(C)c2cc(Cl)c(Cl)cc21.[K+].[Na+]. The van der Waals surface area contributed by atoms with Gasteiger partial charge in [0.1, 0.15) is 17.3 Å². The van der Waals surface area contributed by atoms with Crippen LogP contribution in [0, 0.1) is 0 Å². The predicted molar refractivity (Wildman–Crippen MR) is 290 cm³/mol. The van der Waals surface area contributed by atoms with E-state index in [0.29, 0.717) is 40.2 Å². The third-order valence-corrected chi connectivity index (χ3v) is 15.1. The van der Waals surface area contributed by atoms with Gasteiger partial charge in [0, 0.05) is 63.2 Å². The van der Waals surface area contributed by atoms with Gasteiger partial charge >= 0.3 is 80.9 Å². The second kappa shape index (κ2) is 22.9. The van der Waals surface area contributed by atoms with Gasteiger partial charge in [0.05, 0.1) is 84.1 Å². The van der Waals surface area contributed by atoms with Crippen molar-refractivity contribution in [3.63, 3.8) is 0 Å². The number of benzene rings is 6. The fourth-order valence-corrected chi connectivity index (χ4v) is 10.0. The van der Waals surface area contributed by atoms with Crippen molar-refractivity contribution in [3.05, 3.63) is 197 Å². The monoisotopic (exact) mass is 1120 g/mol. The van der Waals surface area contributed by atoms with Crippen LogP contribution in [0.1, 0.15) is 11.6 Å². The van der Waals surface area contributed by atoms with Crippen molar-refractivity contribution in [1.29, 1.82) is 0 Å². The van der Waals surface area contributed by atoms with Crippen molar-refractivity contribution in [3.8, 4) is 5.69 Å². The van der Waals surface area contributed by atoms with E-state index in [0.717, 1.165) is 79.5 Å². The van der Waals surface area contributed by atoms with Gasteiger partial charge in [-0.05, 0) is 60.7 Å². The molecule has 0 radical (unpaired) electrons. The van der Waals surface area contributed by atoms with Crippen LogP contribution < -0.4 is 110 Å². The van der Waals surface area contributed by atoms with Gasteiger partial charge in [0.2, 0.25) is 0 Å². The van der Waals surface area contributed by atoms with E-state index in [1.54, 1.807) is 0 Å². The van der Waals surface area contributed by atoms with Gasteiger partial charge in [0.15, 0.2) is 22.1 Å². The van der Waals surface area contributed by atoms with Gasteiger partial charge in [-0.2, -0.15) is 4.57 Å². The normalized spacial score (nSPS) is 13.7. The number of rotatable bonds is 6. The molecule has 344 valence electrons. The summed E-state index contributed by atoms with van der Waals surface area (Å²) >= 11 is 50.5. The zero-order valence-electron chi connectivity index (χ0n) is 39.5. The average molecular weight is 1120 g/mol. The van der Waals surface area contributed by atoms with Gasteiger partial charge in [-0.3, -0.25) is 4.90 Å². The van der Waals surface area contributed by atoms with E-state index in [4.69, 9.17) is 92.8 Å². The number of fused-ring (bicyclic) bond motifs is 4. The largest absolute Gasteiger partial charge is 1.00 e. The number of hydrogen-bond acceptors (Lipinski definition) is 4.